The van der Waals surface area contributed by atoms with Crippen molar-refractivity contribution in [1.29, 1.82) is 0 Å². The van der Waals surface area contributed by atoms with E-state index in [9.17, 15) is 8.78 Å². The van der Waals surface area contributed by atoms with Gasteiger partial charge in [-0.2, -0.15) is 0 Å². The van der Waals surface area contributed by atoms with E-state index >= 15 is 0 Å². The van der Waals surface area contributed by atoms with E-state index in [-0.39, 0.29) is 6.42 Å². The summed E-state index contributed by atoms with van der Waals surface area (Å²) >= 11 is 0. The molecule has 0 fully saturated rings. The molecule has 21 heavy (non-hydrogen) atoms. The molecular formula is C16H23F2N3. The maximum Gasteiger partial charge on any atom is 0.254 e. The van der Waals surface area contributed by atoms with Gasteiger partial charge in [-0.05, 0) is 31.5 Å². The molecule has 0 aliphatic carbocycles. The van der Waals surface area contributed by atoms with E-state index in [0.29, 0.717) is 6.54 Å². The van der Waals surface area contributed by atoms with Crippen LogP contribution in [0.25, 0.3) is 11.0 Å². The third-order valence-electron chi connectivity index (χ3n) is 3.54. The Morgan fingerprint density at radius 3 is 2.62 bits per heavy atom. The zero-order valence-electron chi connectivity index (χ0n) is 12.6. The highest BCUT2D eigenvalue weighted by molar-refractivity contribution is 5.75. The summed E-state index contributed by atoms with van der Waals surface area (Å²) in [4.78, 5) is 4.55. The Morgan fingerprint density at radius 1 is 1.19 bits per heavy atom. The molecular weight excluding hydrogens is 272 g/mol. The molecule has 0 bridgehead atoms. The molecule has 1 aromatic carbocycles. The van der Waals surface area contributed by atoms with Crippen LogP contribution in [0.3, 0.4) is 0 Å². The predicted octanol–water partition coefficient (Wildman–Crippen LogP) is 3.62. The number of nitrogens with one attached hydrogen (secondary N) is 1. The Bertz CT molecular complexity index is 566. The van der Waals surface area contributed by atoms with Crippen molar-refractivity contribution in [3.05, 3.63) is 30.1 Å². The van der Waals surface area contributed by atoms with Gasteiger partial charge in [0.2, 0.25) is 0 Å². The zero-order chi connectivity index (χ0) is 15.2. The second-order valence-corrected chi connectivity index (χ2v) is 5.27. The number of halogens is 2. The highest BCUT2D eigenvalue weighted by Gasteiger charge is 2.23. The van der Waals surface area contributed by atoms with Crippen molar-refractivity contribution in [2.45, 2.75) is 52.1 Å². The Kier molecular flexibility index (Phi) is 5.67. The van der Waals surface area contributed by atoms with Crippen molar-refractivity contribution in [3.63, 3.8) is 0 Å². The Hall–Kier alpha value is -1.49. The lowest BCUT2D eigenvalue weighted by Gasteiger charge is -2.18. The molecule has 1 aromatic heterocycles. The number of fused-ring (bicyclic) bond motifs is 1. The van der Waals surface area contributed by atoms with Crippen molar-refractivity contribution in [3.8, 4) is 0 Å². The van der Waals surface area contributed by atoms with E-state index in [1.54, 1.807) is 0 Å². The summed E-state index contributed by atoms with van der Waals surface area (Å²) in [6.07, 6.45) is -0.331. The van der Waals surface area contributed by atoms with Crippen LogP contribution in [0.1, 0.15) is 32.5 Å². The molecule has 1 heterocycles. The maximum absolute atomic E-state index is 13.2. The molecule has 2 aromatic rings. The van der Waals surface area contributed by atoms with Gasteiger partial charge in [0.15, 0.2) is 0 Å². The van der Waals surface area contributed by atoms with Crippen LogP contribution >= 0.6 is 0 Å². The van der Waals surface area contributed by atoms with Crippen LogP contribution in [-0.4, -0.2) is 28.6 Å². The van der Waals surface area contributed by atoms with Gasteiger partial charge in [0.25, 0.3) is 6.43 Å². The van der Waals surface area contributed by atoms with Crippen LogP contribution < -0.4 is 5.32 Å². The molecule has 0 aliphatic rings. The molecule has 0 saturated carbocycles. The molecule has 0 spiro atoms. The molecule has 1 N–H and O–H groups in total. The highest BCUT2D eigenvalue weighted by Crippen LogP contribution is 2.19. The van der Waals surface area contributed by atoms with E-state index in [0.717, 1.165) is 36.2 Å². The molecule has 0 saturated heterocycles. The van der Waals surface area contributed by atoms with E-state index in [2.05, 4.69) is 21.8 Å². The molecule has 1 atom stereocenters. The number of benzene rings is 1. The summed E-state index contributed by atoms with van der Waals surface area (Å²) in [6, 6.07) is 6.98. The lowest BCUT2D eigenvalue weighted by molar-refractivity contribution is 0.0970. The van der Waals surface area contributed by atoms with Crippen molar-refractivity contribution < 1.29 is 8.78 Å². The van der Waals surface area contributed by atoms with Gasteiger partial charge < -0.3 is 9.88 Å². The second-order valence-electron chi connectivity index (χ2n) is 5.27. The maximum atomic E-state index is 13.2. The zero-order valence-corrected chi connectivity index (χ0v) is 12.6. The first kappa shape index (κ1) is 15.9. The lowest BCUT2D eigenvalue weighted by atomic mass is 10.2. The van der Waals surface area contributed by atoms with Crippen molar-refractivity contribution in [1.82, 2.24) is 14.9 Å². The summed E-state index contributed by atoms with van der Waals surface area (Å²) < 4.78 is 28.4. The summed E-state index contributed by atoms with van der Waals surface area (Å²) in [5, 5.41) is 2.93. The van der Waals surface area contributed by atoms with E-state index in [1.807, 2.05) is 31.2 Å². The molecule has 116 valence electrons. The van der Waals surface area contributed by atoms with Gasteiger partial charge in [0.1, 0.15) is 5.82 Å². The minimum Gasteiger partial charge on any atom is -0.328 e. The van der Waals surface area contributed by atoms with Gasteiger partial charge in [-0.15, -0.1) is 0 Å². The number of alkyl halides is 2. The topological polar surface area (TPSA) is 29.9 Å². The van der Waals surface area contributed by atoms with Crippen LogP contribution in [0.15, 0.2) is 24.3 Å². The minimum absolute atomic E-state index is 0.256. The summed E-state index contributed by atoms with van der Waals surface area (Å²) in [7, 11) is 0. The van der Waals surface area contributed by atoms with Crippen LogP contribution in [0.4, 0.5) is 8.78 Å². The van der Waals surface area contributed by atoms with Crippen LogP contribution in [0, 0.1) is 0 Å². The van der Waals surface area contributed by atoms with Crippen LogP contribution in [0.5, 0.6) is 0 Å². The molecule has 3 nitrogen and oxygen atoms in total. The van der Waals surface area contributed by atoms with Gasteiger partial charge in [-0.3, -0.25) is 0 Å². The number of nitrogens with zero attached hydrogens (tertiary/aromatic N) is 2. The SMILES string of the molecule is CCCNC(Cc1nc2ccccc2n1CCC)C(F)F. The third kappa shape index (κ3) is 3.79. The number of imidazole rings is 1. The lowest BCUT2D eigenvalue weighted by Crippen LogP contribution is -2.38. The van der Waals surface area contributed by atoms with Crippen molar-refractivity contribution in [2.75, 3.05) is 6.54 Å². The first-order valence-electron chi connectivity index (χ1n) is 7.63. The predicted molar refractivity (Wildman–Crippen MR) is 81.8 cm³/mol. The number of aromatic nitrogens is 2. The molecule has 0 aliphatic heterocycles. The summed E-state index contributed by atoms with van der Waals surface area (Å²) in [6.45, 7) is 5.46. The minimum atomic E-state index is -2.38. The number of para-hydroxylation sites is 2. The van der Waals surface area contributed by atoms with Crippen molar-refractivity contribution >= 4 is 11.0 Å². The number of rotatable bonds is 8. The highest BCUT2D eigenvalue weighted by atomic mass is 19.3. The average Bonchev–Trinajstić information content (AvgIpc) is 2.81. The summed E-state index contributed by atoms with van der Waals surface area (Å²) in [5.41, 5.74) is 1.90. The van der Waals surface area contributed by atoms with Gasteiger partial charge in [-0.1, -0.05) is 26.0 Å². The van der Waals surface area contributed by atoms with E-state index in [4.69, 9.17) is 0 Å². The van der Waals surface area contributed by atoms with Crippen molar-refractivity contribution in [2.24, 2.45) is 0 Å². The van der Waals surface area contributed by atoms with Crippen LogP contribution in [0.2, 0.25) is 0 Å². The largest absolute Gasteiger partial charge is 0.328 e. The number of hydrogen-bond acceptors (Lipinski definition) is 2. The Balaban J connectivity index is 2.28. The number of aryl methyl sites for hydroxylation is 1. The fourth-order valence-corrected chi connectivity index (χ4v) is 2.53. The van der Waals surface area contributed by atoms with Gasteiger partial charge >= 0.3 is 0 Å². The van der Waals surface area contributed by atoms with Gasteiger partial charge in [0, 0.05) is 13.0 Å². The Morgan fingerprint density at radius 2 is 1.95 bits per heavy atom. The van der Waals surface area contributed by atoms with E-state index < -0.39 is 12.5 Å². The van der Waals surface area contributed by atoms with Gasteiger partial charge in [-0.25, -0.2) is 13.8 Å². The fourth-order valence-electron chi connectivity index (χ4n) is 2.53. The third-order valence-corrected chi connectivity index (χ3v) is 3.54. The summed E-state index contributed by atoms with van der Waals surface area (Å²) in [5.74, 6) is 0.743. The first-order valence-corrected chi connectivity index (χ1v) is 7.63. The monoisotopic (exact) mass is 295 g/mol. The molecule has 5 heteroatoms. The molecule has 0 amide bonds. The molecule has 1 unspecified atom stereocenters. The van der Waals surface area contributed by atoms with Crippen LogP contribution in [-0.2, 0) is 13.0 Å². The second kappa shape index (κ2) is 7.50. The quantitative estimate of drug-likeness (QED) is 0.806. The Labute approximate surface area is 124 Å². The molecule has 0 radical (unpaired) electrons. The van der Waals surface area contributed by atoms with E-state index in [1.165, 1.54) is 0 Å². The standard InChI is InChI=1S/C16H23F2N3/c1-3-9-19-13(16(17)18)11-15-20-12-7-5-6-8-14(12)21(15)10-4-2/h5-8,13,16,19H,3-4,9-11H2,1-2H3. The van der Waals surface area contributed by atoms with Gasteiger partial charge in [0.05, 0.1) is 17.1 Å². The fraction of sp³-hybridized carbons (Fsp3) is 0.562. The average molecular weight is 295 g/mol. The smallest absolute Gasteiger partial charge is 0.254 e. The molecule has 2 rings (SSSR count). The first-order chi connectivity index (χ1) is 10.2. The normalized spacial score (nSPS) is 13.2. The number of hydrogen-bond donors (Lipinski definition) is 1.